The van der Waals surface area contributed by atoms with Crippen LogP contribution in [0.3, 0.4) is 0 Å². The first kappa shape index (κ1) is 15.1. The van der Waals surface area contributed by atoms with Crippen LogP contribution < -0.4 is 4.90 Å². The van der Waals surface area contributed by atoms with Gasteiger partial charge in [0.05, 0.1) is 6.10 Å². The Morgan fingerprint density at radius 1 is 1.09 bits per heavy atom. The molecule has 1 aliphatic carbocycles. The maximum Gasteiger partial charge on any atom is 0.0761 e. The van der Waals surface area contributed by atoms with Crippen molar-refractivity contribution in [3.8, 4) is 0 Å². The van der Waals surface area contributed by atoms with Gasteiger partial charge in [-0.15, -0.1) is 0 Å². The molecule has 2 aromatic rings. The summed E-state index contributed by atoms with van der Waals surface area (Å²) >= 11 is 0. The van der Waals surface area contributed by atoms with Crippen LogP contribution in [-0.2, 0) is 6.42 Å². The maximum atomic E-state index is 9.61. The van der Waals surface area contributed by atoms with E-state index < -0.39 is 6.10 Å². The number of nitrogens with zero attached hydrogens (tertiary/aromatic N) is 1. The summed E-state index contributed by atoms with van der Waals surface area (Å²) in [6.45, 7) is 4.12. The van der Waals surface area contributed by atoms with Gasteiger partial charge >= 0.3 is 0 Å². The van der Waals surface area contributed by atoms with Gasteiger partial charge in [-0.1, -0.05) is 25.1 Å². The van der Waals surface area contributed by atoms with Crippen molar-refractivity contribution in [2.24, 2.45) is 0 Å². The molecule has 0 saturated heterocycles. The number of rotatable bonds is 3. The van der Waals surface area contributed by atoms with E-state index in [1.54, 1.807) is 6.92 Å². The first-order chi connectivity index (χ1) is 10.6. The molecule has 1 N–H and O–H groups in total. The van der Waals surface area contributed by atoms with Gasteiger partial charge in [0.15, 0.2) is 0 Å². The molecule has 0 spiro atoms. The summed E-state index contributed by atoms with van der Waals surface area (Å²) < 4.78 is 0. The van der Waals surface area contributed by atoms with E-state index in [9.17, 15) is 5.11 Å². The number of aliphatic hydroxyl groups excluding tert-OH is 1. The Morgan fingerprint density at radius 3 is 2.45 bits per heavy atom. The van der Waals surface area contributed by atoms with E-state index in [0.29, 0.717) is 5.92 Å². The number of benzene rings is 2. The smallest absolute Gasteiger partial charge is 0.0761 e. The Kier molecular flexibility index (Phi) is 4.21. The number of fused-ring (bicyclic) bond motifs is 1. The van der Waals surface area contributed by atoms with Gasteiger partial charge in [0.2, 0.25) is 0 Å². The summed E-state index contributed by atoms with van der Waals surface area (Å²) in [5.74, 6) is 0.688. The molecule has 0 radical (unpaired) electrons. The second-order valence-corrected chi connectivity index (χ2v) is 6.50. The van der Waals surface area contributed by atoms with E-state index in [1.807, 2.05) is 12.1 Å². The van der Waals surface area contributed by atoms with Gasteiger partial charge < -0.3 is 10.0 Å². The Labute approximate surface area is 133 Å². The summed E-state index contributed by atoms with van der Waals surface area (Å²) in [6.07, 6.45) is 3.39. The minimum Gasteiger partial charge on any atom is -0.389 e. The van der Waals surface area contributed by atoms with Crippen LogP contribution in [0.15, 0.2) is 42.5 Å². The molecule has 0 aliphatic heterocycles. The highest BCUT2D eigenvalue weighted by molar-refractivity contribution is 5.64. The average Bonchev–Trinajstić information content (AvgIpc) is 2.54. The van der Waals surface area contributed by atoms with Gasteiger partial charge in [0, 0.05) is 18.4 Å². The highest BCUT2D eigenvalue weighted by atomic mass is 16.3. The molecule has 0 bridgehead atoms. The minimum atomic E-state index is -0.412. The average molecular weight is 295 g/mol. The van der Waals surface area contributed by atoms with Crippen LogP contribution in [-0.4, -0.2) is 12.2 Å². The van der Waals surface area contributed by atoms with E-state index in [-0.39, 0.29) is 0 Å². The van der Waals surface area contributed by atoms with Crippen LogP contribution >= 0.6 is 0 Å². The Hall–Kier alpha value is -1.80. The highest BCUT2D eigenvalue weighted by Crippen LogP contribution is 2.35. The van der Waals surface area contributed by atoms with Crippen molar-refractivity contribution in [1.29, 1.82) is 0 Å². The predicted octanol–water partition coefficient (Wildman–Crippen LogP) is 4.95. The Bertz CT molecular complexity index is 645. The molecule has 2 unspecified atom stereocenters. The fourth-order valence-electron chi connectivity index (χ4n) is 3.38. The van der Waals surface area contributed by atoms with Crippen LogP contribution in [0.4, 0.5) is 11.4 Å². The first-order valence-corrected chi connectivity index (χ1v) is 8.21. The lowest BCUT2D eigenvalue weighted by Gasteiger charge is -2.26. The second-order valence-electron chi connectivity index (χ2n) is 6.50. The zero-order chi connectivity index (χ0) is 15.7. The quantitative estimate of drug-likeness (QED) is 0.866. The summed E-state index contributed by atoms with van der Waals surface area (Å²) in [6, 6.07) is 15.0. The van der Waals surface area contributed by atoms with E-state index in [2.05, 4.69) is 49.2 Å². The molecule has 2 heteroatoms. The van der Waals surface area contributed by atoms with Crippen molar-refractivity contribution in [2.75, 3.05) is 11.9 Å². The molecule has 0 heterocycles. The molecule has 0 aromatic heterocycles. The van der Waals surface area contributed by atoms with Gasteiger partial charge in [-0.3, -0.25) is 0 Å². The summed E-state index contributed by atoms with van der Waals surface area (Å²) in [5, 5.41) is 9.61. The van der Waals surface area contributed by atoms with Crippen LogP contribution in [0.1, 0.15) is 55.4 Å². The maximum absolute atomic E-state index is 9.61. The summed E-state index contributed by atoms with van der Waals surface area (Å²) in [4.78, 5) is 2.21. The SMILES string of the molecule is CC(O)c1ccc(N(C)c2ccc3c(c2)CCCC3C)cc1. The number of aryl methyl sites for hydroxylation is 1. The van der Waals surface area contributed by atoms with E-state index in [0.717, 1.165) is 11.3 Å². The third-order valence-electron chi connectivity index (χ3n) is 4.89. The standard InChI is InChI=1S/C20H25NO/c1-14-5-4-6-17-13-19(11-12-20(14)17)21(3)18-9-7-16(8-10-18)15(2)22/h7-15,22H,4-6H2,1-3H3. The molecular formula is C20H25NO. The molecule has 0 fully saturated rings. The number of aliphatic hydroxyl groups is 1. The van der Waals surface area contributed by atoms with Crippen LogP contribution in [0, 0.1) is 0 Å². The number of hydrogen-bond donors (Lipinski definition) is 1. The normalized spacial score (nSPS) is 18.6. The van der Waals surface area contributed by atoms with Crippen molar-refractivity contribution >= 4 is 11.4 Å². The fraction of sp³-hybridized carbons (Fsp3) is 0.400. The molecular weight excluding hydrogens is 270 g/mol. The van der Waals surface area contributed by atoms with Crippen molar-refractivity contribution in [1.82, 2.24) is 0 Å². The molecule has 2 nitrogen and oxygen atoms in total. The summed E-state index contributed by atoms with van der Waals surface area (Å²) in [7, 11) is 2.10. The first-order valence-electron chi connectivity index (χ1n) is 8.21. The lowest BCUT2D eigenvalue weighted by atomic mass is 9.84. The number of hydrogen-bond acceptors (Lipinski definition) is 2. The topological polar surface area (TPSA) is 23.5 Å². The van der Waals surface area contributed by atoms with Crippen molar-refractivity contribution in [3.63, 3.8) is 0 Å². The van der Waals surface area contributed by atoms with Crippen molar-refractivity contribution in [2.45, 2.75) is 45.1 Å². The van der Waals surface area contributed by atoms with E-state index >= 15 is 0 Å². The van der Waals surface area contributed by atoms with Gasteiger partial charge in [-0.05, 0) is 73.1 Å². The Morgan fingerprint density at radius 2 is 1.77 bits per heavy atom. The molecule has 0 saturated carbocycles. The monoisotopic (exact) mass is 295 g/mol. The predicted molar refractivity (Wildman–Crippen MR) is 92.9 cm³/mol. The zero-order valence-corrected chi connectivity index (χ0v) is 13.7. The van der Waals surface area contributed by atoms with Crippen LogP contribution in [0.5, 0.6) is 0 Å². The third-order valence-corrected chi connectivity index (χ3v) is 4.89. The van der Waals surface area contributed by atoms with Crippen LogP contribution in [0.25, 0.3) is 0 Å². The van der Waals surface area contributed by atoms with E-state index in [1.165, 1.54) is 36.1 Å². The molecule has 0 amide bonds. The lowest BCUT2D eigenvalue weighted by Crippen LogP contribution is -2.12. The van der Waals surface area contributed by atoms with Crippen molar-refractivity contribution in [3.05, 3.63) is 59.2 Å². The Balaban J connectivity index is 1.87. The number of anilines is 2. The van der Waals surface area contributed by atoms with Gasteiger partial charge in [0.25, 0.3) is 0 Å². The lowest BCUT2D eigenvalue weighted by molar-refractivity contribution is 0.199. The molecule has 2 aromatic carbocycles. The molecule has 3 rings (SSSR count). The van der Waals surface area contributed by atoms with Gasteiger partial charge in [-0.2, -0.15) is 0 Å². The zero-order valence-electron chi connectivity index (χ0n) is 13.7. The van der Waals surface area contributed by atoms with Crippen molar-refractivity contribution < 1.29 is 5.11 Å². The fourth-order valence-corrected chi connectivity index (χ4v) is 3.38. The molecule has 22 heavy (non-hydrogen) atoms. The molecule has 116 valence electrons. The minimum absolute atomic E-state index is 0.412. The van der Waals surface area contributed by atoms with E-state index in [4.69, 9.17) is 0 Å². The third kappa shape index (κ3) is 2.89. The molecule has 1 aliphatic rings. The van der Waals surface area contributed by atoms with Gasteiger partial charge in [-0.25, -0.2) is 0 Å². The molecule has 2 atom stereocenters. The van der Waals surface area contributed by atoms with Gasteiger partial charge in [0.1, 0.15) is 0 Å². The largest absolute Gasteiger partial charge is 0.389 e. The van der Waals surface area contributed by atoms with Crippen LogP contribution in [0.2, 0.25) is 0 Å². The highest BCUT2D eigenvalue weighted by Gasteiger charge is 2.17. The summed E-state index contributed by atoms with van der Waals surface area (Å²) in [5.41, 5.74) is 6.36. The second kappa shape index (κ2) is 6.13.